The molecular weight excluding hydrogens is 1050 g/mol. The van der Waals surface area contributed by atoms with Gasteiger partial charge >= 0.3 is 0 Å². The van der Waals surface area contributed by atoms with Gasteiger partial charge in [-0.3, -0.25) is 0 Å². The molecular formula is C86H73N. The first-order valence-corrected chi connectivity index (χ1v) is 32.1. The number of hydrogen-bond donors (Lipinski definition) is 0. The van der Waals surface area contributed by atoms with Crippen molar-refractivity contribution < 1.29 is 0 Å². The van der Waals surface area contributed by atoms with Gasteiger partial charge in [-0.1, -0.05) is 263 Å². The van der Waals surface area contributed by atoms with Crippen LogP contribution in [0.5, 0.6) is 0 Å². The van der Waals surface area contributed by atoms with Gasteiger partial charge in [-0.25, -0.2) is 0 Å². The van der Waals surface area contributed by atoms with Crippen LogP contribution < -0.4 is 4.90 Å². The van der Waals surface area contributed by atoms with Gasteiger partial charge in [0.05, 0.1) is 10.8 Å². The summed E-state index contributed by atoms with van der Waals surface area (Å²) in [5, 5.41) is 0. The Bertz CT molecular complexity index is 4480. The highest BCUT2D eigenvalue weighted by atomic mass is 15.2. The van der Waals surface area contributed by atoms with Crippen LogP contribution in [-0.4, -0.2) is 0 Å². The summed E-state index contributed by atoms with van der Waals surface area (Å²) in [4.78, 5) is 2.51. The van der Waals surface area contributed by atoms with Crippen molar-refractivity contribution in [2.75, 3.05) is 4.90 Å². The zero-order valence-corrected chi connectivity index (χ0v) is 50.4. The second-order valence-electron chi connectivity index (χ2n) is 25.4. The van der Waals surface area contributed by atoms with Crippen molar-refractivity contribution in [2.45, 2.75) is 89.4 Å². The summed E-state index contributed by atoms with van der Waals surface area (Å²) in [5.41, 5.74) is 32.2. The SMILES string of the molecule is C=CC12C=CC=CC13C=C2C1(c2ccccc2-c2ccc(C4=CC(N(C(/C=C\C5=CC(c6ccccc6)(c6ccccc6)c6ccccc65)=C/C)c5ccc(-c6ccc7c(c6)CC(CCC)=C7CC)cc5)=CCC4)cc21)c1ccc2c(c1C3)C=CCC2. The van der Waals surface area contributed by atoms with Gasteiger partial charge in [0.1, 0.15) is 0 Å². The van der Waals surface area contributed by atoms with Gasteiger partial charge < -0.3 is 4.90 Å². The van der Waals surface area contributed by atoms with Gasteiger partial charge in [0.25, 0.3) is 0 Å². The van der Waals surface area contributed by atoms with E-state index in [4.69, 9.17) is 6.58 Å². The van der Waals surface area contributed by atoms with Gasteiger partial charge in [-0.2, -0.15) is 0 Å². The highest BCUT2D eigenvalue weighted by Gasteiger charge is 2.66. The van der Waals surface area contributed by atoms with Crippen molar-refractivity contribution >= 4 is 28.5 Å². The van der Waals surface area contributed by atoms with Crippen LogP contribution in [0.1, 0.15) is 132 Å². The molecule has 87 heavy (non-hydrogen) atoms. The molecule has 8 aromatic carbocycles. The van der Waals surface area contributed by atoms with E-state index in [-0.39, 0.29) is 10.8 Å². The van der Waals surface area contributed by atoms with Crippen molar-refractivity contribution in [1.82, 2.24) is 0 Å². The molecule has 8 aliphatic rings. The lowest BCUT2D eigenvalue weighted by molar-refractivity contribution is 0.235. The number of rotatable bonds is 13. The third-order valence-corrected chi connectivity index (χ3v) is 21.3. The smallest absolute Gasteiger partial charge is 0.0688 e. The van der Waals surface area contributed by atoms with Crippen LogP contribution >= 0.6 is 0 Å². The van der Waals surface area contributed by atoms with E-state index in [2.05, 4.69) is 293 Å². The third kappa shape index (κ3) is 7.77. The van der Waals surface area contributed by atoms with Crippen LogP contribution in [0.15, 0.2) is 290 Å². The molecule has 422 valence electrons. The van der Waals surface area contributed by atoms with Crippen molar-refractivity contribution in [1.29, 1.82) is 0 Å². The van der Waals surface area contributed by atoms with Crippen LogP contribution in [0.25, 0.3) is 45.0 Å². The van der Waals surface area contributed by atoms with Crippen LogP contribution in [0.2, 0.25) is 0 Å². The molecule has 0 aliphatic heterocycles. The van der Waals surface area contributed by atoms with Crippen LogP contribution in [0, 0.1) is 10.8 Å². The normalized spacial score (nSPS) is 22.0. The standard InChI is InChI=1S/C86H73N/c1-5-24-63-52-65-51-61(40-46-73(65)71(63)7-3)58-37-44-69(45-38-58)87(68(6-2)43-39-64-55-85(66-27-11-9-12-28-66,67-29-13-10-14-30-67)78-35-19-17-33-74(64)78)70-31-23-26-60(53-70)62-41-47-76-75-34-18-20-36-79(75)86(81(76)54-62)80-48-42-59-25-15-16-32-72(59)77(80)56-83-49-21-22-50-84(83,8-4)82(86)57-83/h6,8-14,16-22,27-51,53-55,57H,4-5,7,15,23-26,52,56H2,1-3H3/b43-39-,68-6+. The van der Waals surface area contributed by atoms with E-state index in [9.17, 15) is 0 Å². The lowest BCUT2D eigenvalue weighted by atomic mass is 9.43. The predicted molar refractivity (Wildman–Crippen MR) is 366 cm³/mol. The summed E-state index contributed by atoms with van der Waals surface area (Å²) in [6.07, 6.45) is 43.3. The molecule has 3 unspecified atom stereocenters. The zero-order chi connectivity index (χ0) is 58.5. The summed E-state index contributed by atoms with van der Waals surface area (Å²) in [5.74, 6) is 0. The number of fused-ring (bicyclic) bond motifs is 13. The minimum absolute atomic E-state index is 0.181. The summed E-state index contributed by atoms with van der Waals surface area (Å²) >= 11 is 0. The Morgan fingerprint density at radius 1 is 0.621 bits per heavy atom. The Hall–Kier alpha value is -9.30. The first kappa shape index (κ1) is 53.2. The summed E-state index contributed by atoms with van der Waals surface area (Å²) < 4.78 is 0. The van der Waals surface area contributed by atoms with Crippen LogP contribution in [-0.2, 0) is 30.1 Å². The molecule has 0 amide bonds. The first-order chi connectivity index (χ1) is 42.9. The minimum atomic E-state index is -0.510. The number of nitrogens with zero attached hydrogens (tertiary/aromatic N) is 1. The van der Waals surface area contributed by atoms with E-state index in [0.29, 0.717) is 0 Å². The van der Waals surface area contributed by atoms with E-state index in [1.54, 1.807) is 11.1 Å². The fourth-order valence-electron chi connectivity index (χ4n) is 17.4. The largest absolute Gasteiger partial charge is 0.311 e. The molecule has 0 radical (unpaired) electrons. The highest BCUT2D eigenvalue weighted by Crippen LogP contribution is 2.74. The van der Waals surface area contributed by atoms with E-state index < -0.39 is 10.8 Å². The average molecular weight is 1120 g/mol. The maximum absolute atomic E-state index is 4.70. The Balaban J connectivity index is 0.833. The van der Waals surface area contributed by atoms with Crippen molar-refractivity contribution in [3.8, 4) is 22.3 Å². The van der Waals surface area contributed by atoms with E-state index in [1.807, 2.05) is 0 Å². The van der Waals surface area contributed by atoms with E-state index in [0.717, 1.165) is 56.3 Å². The number of anilines is 1. The predicted octanol–water partition coefficient (Wildman–Crippen LogP) is 21.4. The molecule has 0 saturated heterocycles. The molecule has 0 fully saturated rings. The monoisotopic (exact) mass is 1120 g/mol. The van der Waals surface area contributed by atoms with Crippen LogP contribution in [0.4, 0.5) is 5.69 Å². The van der Waals surface area contributed by atoms with Gasteiger partial charge in [-0.15, -0.1) is 6.58 Å². The average Bonchev–Trinajstić information content (AvgIpc) is 1.53. The van der Waals surface area contributed by atoms with E-state index in [1.165, 1.54) is 130 Å². The highest BCUT2D eigenvalue weighted by molar-refractivity contribution is 5.92. The van der Waals surface area contributed by atoms with E-state index >= 15 is 0 Å². The van der Waals surface area contributed by atoms with Crippen molar-refractivity contribution in [2.24, 2.45) is 10.8 Å². The topological polar surface area (TPSA) is 3.24 Å². The molecule has 16 rings (SSSR count). The molecule has 1 heteroatoms. The Morgan fingerprint density at radius 3 is 2.10 bits per heavy atom. The summed E-state index contributed by atoms with van der Waals surface area (Å²) in [6, 6.07) is 69.6. The quantitative estimate of drug-likeness (QED) is 0.0821. The number of allylic oxidation sites excluding steroid dienone is 18. The molecule has 0 N–H and O–H groups in total. The molecule has 1 nitrogen and oxygen atoms in total. The lowest BCUT2D eigenvalue weighted by Crippen LogP contribution is -2.52. The number of benzene rings is 8. The number of hydrogen-bond acceptors (Lipinski definition) is 1. The fourth-order valence-corrected chi connectivity index (χ4v) is 17.4. The Morgan fingerprint density at radius 2 is 1.33 bits per heavy atom. The molecule has 2 spiro atoms. The maximum Gasteiger partial charge on any atom is 0.0688 e. The molecule has 0 saturated carbocycles. The van der Waals surface area contributed by atoms with Gasteiger partial charge in [0.2, 0.25) is 0 Å². The molecule has 2 bridgehead atoms. The summed E-state index contributed by atoms with van der Waals surface area (Å²) in [7, 11) is 0. The van der Waals surface area contributed by atoms with Gasteiger partial charge in [0, 0.05) is 27.9 Å². The second-order valence-corrected chi connectivity index (χ2v) is 25.4. The number of aryl methyl sites for hydroxylation is 1. The molecule has 0 heterocycles. The minimum Gasteiger partial charge on any atom is -0.311 e. The van der Waals surface area contributed by atoms with Gasteiger partial charge in [-0.05, 0) is 206 Å². The van der Waals surface area contributed by atoms with Crippen molar-refractivity contribution in [3.63, 3.8) is 0 Å². The van der Waals surface area contributed by atoms with Gasteiger partial charge in [0.15, 0.2) is 0 Å². The molecule has 0 aromatic heterocycles. The second kappa shape index (κ2) is 20.7. The maximum atomic E-state index is 4.70. The first-order valence-electron chi connectivity index (χ1n) is 32.1. The fraction of sp³-hybridized carbons (Fsp3) is 0.186. The third-order valence-electron chi connectivity index (χ3n) is 21.3. The Labute approximate surface area is 515 Å². The zero-order valence-electron chi connectivity index (χ0n) is 50.4. The van der Waals surface area contributed by atoms with Crippen molar-refractivity contribution in [3.05, 3.63) is 362 Å². The molecule has 8 aromatic rings. The van der Waals surface area contributed by atoms with Crippen LogP contribution in [0.3, 0.4) is 0 Å². The molecule has 8 aliphatic carbocycles. The lowest BCUT2D eigenvalue weighted by Gasteiger charge is -2.58. The molecule has 3 atom stereocenters. The summed E-state index contributed by atoms with van der Waals surface area (Å²) in [6.45, 7) is 11.5. The Kier molecular flexibility index (Phi) is 12.7.